The molecule has 162 valence electrons. The number of carbonyl (C=O) groups excluding carboxylic acids is 4. The summed E-state index contributed by atoms with van der Waals surface area (Å²) in [6, 6.07) is 11.8. The van der Waals surface area contributed by atoms with Crippen LogP contribution in [0.25, 0.3) is 0 Å². The number of esters is 2. The molecular formula is C23H16ClNO7. The molecule has 2 aromatic carbocycles. The summed E-state index contributed by atoms with van der Waals surface area (Å²) < 4.78 is 15.3. The van der Waals surface area contributed by atoms with Crippen LogP contribution in [0, 0.1) is 0 Å². The summed E-state index contributed by atoms with van der Waals surface area (Å²) in [5.41, 5.74) is 0.871. The molecule has 32 heavy (non-hydrogen) atoms. The monoisotopic (exact) mass is 453 g/mol. The molecule has 0 saturated carbocycles. The van der Waals surface area contributed by atoms with Crippen LogP contribution in [-0.4, -0.2) is 30.4 Å². The third-order valence-electron chi connectivity index (χ3n) is 4.78. The number of fused-ring (bicyclic) bond motifs is 1. The van der Waals surface area contributed by atoms with Gasteiger partial charge in [-0.1, -0.05) is 11.6 Å². The Labute approximate surface area is 187 Å². The molecule has 2 amide bonds. The molecule has 1 aliphatic rings. The van der Waals surface area contributed by atoms with E-state index in [9.17, 15) is 19.2 Å². The standard InChI is InChI=1S/C23H16ClNO7/c1-2-30-23(29)17-9-10-31-19(17)12-32-22(28)13-3-8-16-18(11-13)21(27)25(20(16)26)15-6-4-14(24)5-7-15/h3-11H,2,12H2,1H3. The van der Waals surface area contributed by atoms with Crippen molar-refractivity contribution >= 4 is 41.0 Å². The summed E-state index contributed by atoms with van der Waals surface area (Å²) in [4.78, 5) is 51.0. The largest absolute Gasteiger partial charge is 0.465 e. The Morgan fingerprint density at radius 3 is 2.38 bits per heavy atom. The lowest BCUT2D eigenvalue weighted by atomic mass is 10.1. The summed E-state index contributed by atoms with van der Waals surface area (Å²) in [5, 5.41) is 0.470. The summed E-state index contributed by atoms with van der Waals surface area (Å²) in [7, 11) is 0. The molecule has 0 radical (unpaired) electrons. The Kier molecular flexibility index (Phi) is 5.79. The number of benzene rings is 2. The number of amides is 2. The van der Waals surface area contributed by atoms with Gasteiger partial charge in [-0.05, 0) is 55.5 Å². The van der Waals surface area contributed by atoms with Gasteiger partial charge >= 0.3 is 11.9 Å². The molecule has 0 N–H and O–H groups in total. The lowest BCUT2D eigenvalue weighted by molar-refractivity contribution is 0.0422. The Bertz CT molecular complexity index is 1230. The van der Waals surface area contributed by atoms with Gasteiger partial charge in [0.1, 0.15) is 5.56 Å². The molecule has 8 nitrogen and oxygen atoms in total. The zero-order valence-corrected chi connectivity index (χ0v) is 17.5. The van der Waals surface area contributed by atoms with Crippen molar-refractivity contribution in [3.8, 4) is 0 Å². The van der Waals surface area contributed by atoms with Crippen LogP contribution in [0.1, 0.15) is 54.1 Å². The van der Waals surface area contributed by atoms with Crippen LogP contribution >= 0.6 is 11.6 Å². The zero-order valence-electron chi connectivity index (χ0n) is 16.8. The van der Waals surface area contributed by atoms with Gasteiger partial charge in [0, 0.05) is 5.02 Å². The SMILES string of the molecule is CCOC(=O)c1ccoc1COC(=O)c1ccc2c(c1)C(=O)N(c1ccc(Cl)cc1)C2=O. The second kappa shape index (κ2) is 8.68. The van der Waals surface area contributed by atoms with Crippen molar-refractivity contribution in [2.45, 2.75) is 13.5 Å². The number of ether oxygens (including phenoxy) is 2. The zero-order chi connectivity index (χ0) is 22.8. The number of nitrogens with zero attached hydrogens (tertiary/aromatic N) is 1. The minimum Gasteiger partial charge on any atom is -0.465 e. The van der Waals surface area contributed by atoms with Crippen molar-refractivity contribution in [1.82, 2.24) is 0 Å². The molecular weight excluding hydrogens is 438 g/mol. The normalized spacial score (nSPS) is 12.6. The van der Waals surface area contributed by atoms with Crippen LogP contribution in [0.4, 0.5) is 5.69 Å². The number of hydrogen-bond donors (Lipinski definition) is 0. The first kappa shape index (κ1) is 21.3. The Morgan fingerprint density at radius 1 is 0.938 bits per heavy atom. The van der Waals surface area contributed by atoms with Gasteiger partial charge in [0.2, 0.25) is 0 Å². The highest BCUT2D eigenvalue weighted by Crippen LogP contribution is 2.30. The van der Waals surface area contributed by atoms with Crippen molar-refractivity contribution in [3.63, 3.8) is 0 Å². The average Bonchev–Trinajstić information content (AvgIpc) is 3.36. The lowest BCUT2D eigenvalue weighted by Crippen LogP contribution is -2.29. The minimum absolute atomic E-state index is 0.0760. The van der Waals surface area contributed by atoms with Gasteiger partial charge in [-0.15, -0.1) is 0 Å². The summed E-state index contributed by atoms with van der Waals surface area (Å²) >= 11 is 5.87. The van der Waals surface area contributed by atoms with Crippen LogP contribution in [0.2, 0.25) is 5.02 Å². The van der Waals surface area contributed by atoms with Gasteiger partial charge in [0.05, 0.1) is 35.2 Å². The predicted molar refractivity (Wildman–Crippen MR) is 113 cm³/mol. The van der Waals surface area contributed by atoms with E-state index in [0.717, 1.165) is 4.90 Å². The van der Waals surface area contributed by atoms with Gasteiger partial charge in [-0.3, -0.25) is 9.59 Å². The molecule has 0 fully saturated rings. The number of halogens is 1. The van der Waals surface area contributed by atoms with E-state index in [4.69, 9.17) is 25.5 Å². The third-order valence-corrected chi connectivity index (χ3v) is 5.03. The van der Waals surface area contributed by atoms with Crippen molar-refractivity contribution < 1.29 is 33.1 Å². The molecule has 0 atom stereocenters. The van der Waals surface area contributed by atoms with Crippen molar-refractivity contribution in [2.75, 3.05) is 11.5 Å². The van der Waals surface area contributed by atoms with Crippen molar-refractivity contribution in [1.29, 1.82) is 0 Å². The lowest BCUT2D eigenvalue weighted by Gasteiger charge is -2.13. The maximum Gasteiger partial charge on any atom is 0.341 e. The smallest absolute Gasteiger partial charge is 0.341 e. The molecule has 0 saturated heterocycles. The number of hydrogen-bond acceptors (Lipinski definition) is 7. The first-order valence-electron chi connectivity index (χ1n) is 9.59. The molecule has 2 heterocycles. The molecule has 9 heteroatoms. The molecule has 3 aromatic rings. The van der Waals surface area contributed by atoms with E-state index in [-0.39, 0.29) is 41.2 Å². The van der Waals surface area contributed by atoms with E-state index in [1.807, 2.05) is 0 Å². The van der Waals surface area contributed by atoms with E-state index in [2.05, 4.69) is 0 Å². The van der Waals surface area contributed by atoms with Gasteiger partial charge in [0.25, 0.3) is 11.8 Å². The van der Waals surface area contributed by atoms with Gasteiger partial charge in [-0.25, -0.2) is 14.5 Å². The van der Waals surface area contributed by atoms with E-state index < -0.39 is 23.8 Å². The highest BCUT2D eigenvalue weighted by atomic mass is 35.5. The first-order valence-corrected chi connectivity index (χ1v) is 9.97. The molecule has 4 rings (SSSR count). The number of carbonyl (C=O) groups is 4. The summed E-state index contributed by atoms with van der Waals surface area (Å²) in [6.07, 6.45) is 1.29. The van der Waals surface area contributed by atoms with Gasteiger partial charge in [0.15, 0.2) is 12.4 Å². The van der Waals surface area contributed by atoms with Crippen LogP contribution in [-0.2, 0) is 16.1 Å². The molecule has 1 aliphatic heterocycles. The maximum absolute atomic E-state index is 12.8. The summed E-state index contributed by atoms with van der Waals surface area (Å²) in [6.45, 7) is 1.56. The van der Waals surface area contributed by atoms with E-state index in [1.54, 1.807) is 31.2 Å². The second-order valence-corrected chi connectivity index (χ2v) is 7.17. The number of imide groups is 1. The first-order chi connectivity index (χ1) is 15.4. The molecule has 0 unspecified atom stereocenters. The predicted octanol–water partition coefficient (Wildman–Crippen LogP) is 4.27. The number of anilines is 1. The Hall–Kier alpha value is -3.91. The van der Waals surface area contributed by atoms with Gasteiger partial charge in [-0.2, -0.15) is 0 Å². The maximum atomic E-state index is 12.8. The van der Waals surface area contributed by atoms with E-state index in [1.165, 1.54) is 30.5 Å². The fourth-order valence-corrected chi connectivity index (χ4v) is 3.38. The quantitative estimate of drug-likeness (QED) is 0.405. The molecule has 0 bridgehead atoms. The molecule has 1 aromatic heterocycles. The topological polar surface area (TPSA) is 103 Å². The van der Waals surface area contributed by atoms with Gasteiger partial charge < -0.3 is 13.9 Å². The average molecular weight is 454 g/mol. The Balaban J connectivity index is 1.51. The highest BCUT2D eigenvalue weighted by Gasteiger charge is 2.37. The van der Waals surface area contributed by atoms with Crippen LogP contribution in [0.3, 0.4) is 0 Å². The highest BCUT2D eigenvalue weighted by molar-refractivity contribution is 6.35. The van der Waals surface area contributed by atoms with Crippen LogP contribution in [0.15, 0.2) is 59.2 Å². The fourth-order valence-electron chi connectivity index (χ4n) is 3.25. The van der Waals surface area contributed by atoms with E-state index in [0.29, 0.717) is 10.7 Å². The molecule has 0 spiro atoms. The van der Waals surface area contributed by atoms with E-state index >= 15 is 0 Å². The van der Waals surface area contributed by atoms with Crippen LogP contribution < -0.4 is 4.90 Å². The van der Waals surface area contributed by atoms with Crippen molar-refractivity contribution in [2.24, 2.45) is 0 Å². The number of furan rings is 1. The summed E-state index contributed by atoms with van der Waals surface area (Å²) in [5.74, 6) is -2.25. The third kappa shape index (κ3) is 3.88. The fraction of sp³-hybridized carbons (Fsp3) is 0.130. The second-order valence-electron chi connectivity index (χ2n) is 6.74. The minimum atomic E-state index is -0.746. The number of rotatable bonds is 6. The van der Waals surface area contributed by atoms with Crippen LogP contribution in [0.5, 0.6) is 0 Å². The molecule has 0 aliphatic carbocycles. The Morgan fingerprint density at radius 2 is 1.66 bits per heavy atom. The van der Waals surface area contributed by atoms with Crippen molar-refractivity contribution in [3.05, 3.63) is 87.8 Å².